The molecular weight excluding hydrogens is 280 g/mol. The third-order valence-electron chi connectivity index (χ3n) is 3.77. The Balaban J connectivity index is 2.48. The highest BCUT2D eigenvalue weighted by Crippen LogP contribution is 2.38. The summed E-state index contributed by atoms with van der Waals surface area (Å²) in [4.78, 5) is 24.9. The van der Waals surface area contributed by atoms with Gasteiger partial charge in [0.05, 0.1) is 12.0 Å². The number of nitrogens with zero attached hydrogens (tertiary/aromatic N) is 1. The third kappa shape index (κ3) is 3.04. The second-order valence-electron chi connectivity index (χ2n) is 5.18. The van der Waals surface area contributed by atoms with Crippen molar-refractivity contribution in [1.82, 2.24) is 4.90 Å². The minimum atomic E-state index is -1.07. The van der Waals surface area contributed by atoms with E-state index in [9.17, 15) is 23.5 Å². The number of benzene rings is 1. The fourth-order valence-corrected chi connectivity index (χ4v) is 2.84. The predicted molar refractivity (Wildman–Crippen MR) is 71.5 cm³/mol. The fourth-order valence-electron chi connectivity index (χ4n) is 2.84. The minimum Gasteiger partial charge on any atom is -0.481 e. The average Bonchev–Trinajstić information content (AvgIpc) is 2.41. The Labute approximate surface area is 121 Å². The lowest BCUT2D eigenvalue weighted by atomic mass is 9.84. The molecule has 1 fully saturated rings. The van der Waals surface area contributed by atoms with E-state index in [1.54, 1.807) is 0 Å². The highest BCUT2D eigenvalue weighted by molar-refractivity contribution is 5.81. The van der Waals surface area contributed by atoms with Crippen molar-refractivity contribution in [1.29, 1.82) is 0 Å². The summed E-state index contributed by atoms with van der Waals surface area (Å²) in [7, 11) is 0. The van der Waals surface area contributed by atoms with Crippen molar-refractivity contribution in [2.75, 3.05) is 6.54 Å². The Kier molecular flexibility index (Phi) is 4.55. The molecule has 0 saturated carbocycles. The molecule has 1 aromatic carbocycles. The summed E-state index contributed by atoms with van der Waals surface area (Å²) in [6.07, 6.45) is 0.934. The molecule has 1 heterocycles. The summed E-state index contributed by atoms with van der Waals surface area (Å²) in [5.41, 5.74) is 0.0605. The SMILES string of the molecule is CCCN1C(=O)CCC(C(=O)O)C1c1ccc(F)cc1F. The van der Waals surface area contributed by atoms with Gasteiger partial charge in [0.2, 0.25) is 5.91 Å². The summed E-state index contributed by atoms with van der Waals surface area (Å²) in [6, 6.07) is 2.15. The molecule has 0 radical (unpaired) electrons. The van der Waals surface area contributed by atoms with Gasteiger partial charge in [-0.2, -0.15) is 0 Å². The zero-order valence-electron chi connectivity index (χ0n) is 11.7. The smallest absolute Gasteiger partial charge is 0.308 e. The first-order valence-corrected chi connectivity index (χ1v) is 6.93. The number of carbonyl (C=O) groups is 2. The summed E-state index contributed by atoms with van der Waals surface area (Å²) in [5, 5.41) is 9.35. The molecule has 1 amide bonds. The van der Waals surface area contributed by atoms with Crippen LogP contribution in [0.25, 0.3) is 0 Å². The summed E-state index contributed by atoms with van der Waals surface area (Å²) in [6.45, 7) is 2.21. The van der Waals surface area contributed by atoms with Crippen LogP contribution in [0.1, 0.15) is 37.8 Å². The van der Waals surface area contributed by atoms with Gasteiger partial charge in [0, 0.05) is 24.6 Å². The number of aliphatic carboxylic acids is 1. The van der Waals surface area contributed by atoms with Crippen molar-refractivity contribution in [2.24, 2.45) is 5.92 Å². The van der Waals surface area contributed by atoms with Crippen molar-refractivity contribution < 1.29 is 23.5 Å². The lowest BCUT2D eigenvalue weighted by molar-refractivity contribution is -0.152. The first-order chi connectivity index (χ1) is 9.95. The highest BCUT2D eigenvalue weighted by Gasteiger charge is 2.41. The monoisotopic (exact) mass is 297 g/mol. The van der Waals surface area contributed by atoms with E-state index in [1.165, 1.54) is 11.0 Å². The Morgan fingerprint density at radius 3 is 2.71 bits per heavy atom. The van der Waals surface area contributed by atoms with Crippen molar-refractivity contribution >= 4 is 11.9 Å². The number of hydrogen-bond acceptors (Lipinski definition) is 2. The molecule has 0 aromatic heterocycles. The van der Waals surface area contributed by atoms with Crippen LogP contribution in [0.4, 0.5) is 8.78 Å². The van der Waals surface area contributed by atoms with E-state index in [0.29, 0.717) is 13.0 Å². The summed E-state index contributed by atoms with van der Waals surface area (Å²) < 4.78 is 27.1. The zero-order valence-corrected chi connectivity index (χ0v) is 11.7. The van der Waals surface area contributed by atoms with Crippen LogP contribution in [0.5, 0.6) is 0 Å². The Morgan fingerprint density at radius 2 is 2.14 bits per heavy atom. The molecule has 0 bridgehead atoms. The molecule has 1 saturated heterocycles. The summed E-state index contributed by atoms with van der Waals surface area (Å²) >= 11 is 0. The lowest BCUT2D eigenvalue weighted by Gasteiger charge is -2.39. The van der Waals surface area contributed by atoms with Crippen LogP contribution in [-0.2, 0) is 9.59 Å². The fraction of sp³-hybridized carbons (Fsp3) is 0.467. The van der Waals surface area contributed by atoms with Gasteiger partial charge in [-0.25, -0.2) is 8.78 Å². The topological polar surface area (TPSA) is 57.6 Å². The van der Waals surface area contributed by atoms with Crippen molar-refractivity contribution in [3.05, 3.63) is 35.4 Å². The van der Waals surface area contributed by atoms with Crippen LogP contribution in [0.2, 0.25) is 0 Å². The summed E-state index contributed by atoms with van der Waals surface area (Å²) in [5.74, 6) is -3.69. The van der Waals surface area contributed by atoms with Gasteiger partial charge in [0.15, 0.2) is 0 Å². The number of likely N-dealkylation sites (tertiary alicyclic amines) is 1. The maximum Gasteiger partial charge on any atom is 0.308 e. The number of amides is 1. The van der Waals surface area contributed by atoms with Gasteiger partial charge in [-0.15, -0.1) is 0 Å². The van der Waals surface area contributed by atoms with E-state index in [0.717, 1.165) is 12.1 Å². The van der Waals surface area contributed by atoms with Crippen molar-refractivity contribution in [2.45, 2.75) is 32.2 Å². The van der Waals surface area contributed by atoms with Crippen LogP contribution >= 0.6 is 0 Å². The van der Waals surface area contributed by atoms with E-state index in [-0.39, 0.29) is 24.3 Å². The molecule has 0 aliphatic carbocycles. The van der Waals surface area contributed by atoms with Gasteiger partial charge in [0.25, 0.3) is 0 Å². The molecule has 0 spiro atoms. The van der Waals surface area contributed by atoms with Crippen molar-refractivity contribution in [3.8, 4) is 0 Å². The standard InChI is InChI=1S/C15H17F2NO3/c1-2-7-18-13(19)6-5-11(15(20)21)14(18)10-4-3-9(16)8-12(10)17/h3-4,8,11,14H,2,5-7H2,1H3,(H,20,21). The number of halogens is 2. The van der Waals surface area contributed by atoms with Gasteiger partial charge in [-0.05, 0) is 18.9 Å². The molecule has 1 aromatic rings. The molecule has 4 nitrogen and oxygen atoms in total. The first-order valence-electron chi connectivity index (χ1n) is 6.93. The molecule has 1 aliphatic rings. The van der Waals surface area contributed by atoms with Gasteiger partial charge in [-0.3, -0.25) is 9.59 Å². The van der Waals surface area contributed by atoms with Crippen LogP contribution in [0.15, 0.2) is 18.2 Å². The largest absolute Gasteiger partial charge is 0.481 e. The third-order valence-corrected chi connectivity index (χ3v) is 3.77. The van der Waals surface area contributed by atoms with Crippen molar-refractivity contribution in [3.63, 3.8) is 0 Å². The number of hydrogen-bond donors (Lipinski definition) is 1. The Bertz CT molecular complexity index is 562. The number of rotatable bonds is 4. The van der Waals surface area contributed by atoms with E-state index >= 15 is 0 Å². The quantitative estimate of drug-likeness (QED) is 0.929. The predicted octanol–water partition coefficient (Wildman–Crippen LogP) is 2.74. The van der Waals surface area contributed by atoms with Gasteiger partial charge in [0.1, 0.15) is 11.6 Å². The van der Waals surface area contributed by atoms with Crippen LogP contribution in [-0.4, -0.2) is 28.4 Å². The number of carbonyl (C=O) groups excluding carboxylic acids is 1. The van der Waals surface area contributed by atoms with Crippen LogP contribution < -0.4 is 0 Å². The molecule has 2 rings (SSSR count). The van der Waals surface area contributed by atoms with Gasteiger partial charge in [-0.1, -0.05) is 13.0 Å². The first kappa shape index (κ1) is 15.4. The maximum atomic E-state index is 14.0. The molecule has 21 heavy (non-hydrogen) atoms. The molecule has 114 valence electrons. The lowest BCUT2D eigenvalue weighted by Crippen LogP contribution is -2.46. The maximum absolute atomic E-state index is 14.0. The van der Waals surface area contributed by atoms with Crippen LogP contribution in [0.3, 0.4) is 0 Å². The average molecular weight is 297 g/mol. The zero-order chi connectivity index (χ0) is 15.6. The molecule has 2 atom stereocenters. The highest BCUT2D eigenvalue weighted by atomic mass is 19.1. The van der Waals surface area contributed by atoms with E-state index in [4.69, 9.17) is 0 Å². The minimum absolute atomic E-state index is 0.0605. The molecule has 6 heteroatoms. The number of carboxylic acids is 1. The van der Waals surface area contributed by atoms with E-state index < -0.39 is 29.6 Å². The van der Waals surface area contributed by atoms with E-state index in [2.05, 4.69) is 0 Å². The number of carboxylic acid groups (broad SMARTS) is 1. The van der Waals surface area contributed by atoms with Crippen LogP contribution in [0, 0.1) is 17.6 Å². The molecule has 1 N–H and O–H groups in total. The molecule has 2 unspecified atom stereocenters. The van der Waals surface area contributed by atoms with Gasteiger partial charge < -0.3 is 10.0 Å². The number of piperidine rings is 1. The Morgan fingerprint density at radius 1 is 1.43 bits per heavy atom. The molecule has 1 aliphatic heterocycles. The normalized spacial score (nSPS) is 22.4. The molecular formula is C15H17F2NO3. The Hall–Kier alpha value is -1.98. The van der Waals surface area contributed by atoms with E-state index in [1.807, 2.05) is 6.92 Å². The second kappa shape index (κ2) is 6.20. The van der Waals surface area contributed by atoms with Gasteiger partial charge >= 0.3 is 5.97 Å². The second-order valence-corrected chi connectivity index (χ2v) is 5.18.